The molecule has 2 aromatic carbocycles. The van der Waals surface area contributed by atoms with Gasteiger partial charge in [0, 0.05) is 60.3 Å². The summed E-state index contributed by atoms with van der Waals surface area (Å²) in [7, 11) is 0. The van der Waals surface area contributed by atoms with Crippen molar-refractivity contribution in [3.05, 3.63) is 71.8 Å². The van der Waals surface area contributed by atoms with E-state index in [9.17, 15) is 19.2 Å². The van der Waals surface area contributed by atoms with Crippen molar-refractivity contribution in [2.24, 2.45) is 0 Å². The third-order valence-corrected chi connectivity index (χ3v) is 7.34. The van der Waals surface area contributed by atoms with Crippen LogP contribution in [0.25, 0.3) is 0 Å². The van der Waals surface area contributed by atoms with Crippen molar-refractivity contribution < 1.29 is 23.9 Å². The molecule has 6 amide bonds. The molecule has 0 unspecified atom stereocenters. The monoisotopic (exact) mass is 544 g/mol. The number of nitrogens with zero attached hydrogens (tertiary/aromatic N) is 2. The van der Waals surface area contributed by atoms with Crippen LogP contribution in [0.5, 0.6) is 0 Å². The molecule has 2 N–H and O–H groups in total. The molecule has 0 saturated carbocycles. The minimum absolute atomic E-state index is 0.211. The van der Waals surface area contributed by atoms with Gasteiger partial charge in [0.2, 0.25) is 0 Å². The largest absolute Gasteiger partial charge is 0.380 e. The van der Waals surface area contributed by atoms with Crippen LogP contribution in [0.4, 0.5) is 9.59 Å². The second-order valence-corrected chi connectivity index (χ2v) is 10.5. The number of benzene rings is 2. The third-order valence-electron chi connectivity index (χ3n) is 5.48. The number of rotatable bonds is 2. The second-order valence-electron chi connectivity index (χ2n) is 8.06. The van der Waals surface area contributed by atoms with Crippen LogP contribution in [-0.4, -0.2) is 96.1 Å². The maximum Gasteiger partial charge on any atom is 0.324 e. The minimum Gasteiger partial charge on any atom is -0.380 e. The maximum atomic E-state index is 13.0. The first kappa shape index (κ1) is 28.5. The molecule has 0 radical (unpaired) electrons. The van der Waals surface area contributed by atoms with Crippen LogP contribution in [0.1, 0.15) is 20.7 Å². The smallest absolute Gasteiger partial charge is 0.324 e. The van der Waals surface area contributed by atoms with Gasteiger partial charge >= 0.3 is 12.1 Å². The zero-order valence-corrected chi connectivity index (χ0v) is 22.2. The first-order valence-corrected chi connectivity index (χ1v) is 14.4. The Kier molecular flexibility index (Phi) is 12.3. The van der Waals surface area contributed by atoms with Crippen LogP contribution in [-0.2, 0) is 4.74 Å². The van der Waals surface area contributed by atoms with Gasteiger partial charge in [-0.25, -0.2) is 9.59 Å². The van der Waals surface area contributed by atoms with Gasteiger partial charge in [-0.1, -0.05) is 36.4 Å². The normalized spacial score (nSPS) is 16.1. The maximum absolute atomic E-state index is 13.0. The molecule has 1 saturated heterocycles. The lowest BCUT2D eigenvalue weighted by atomic mass is 10.2. The Morgan fingerprint density at radius 2 is 1.00 bits per heavy atom. The molecule has 1 aliphatic heterocycles. The van der Waals surface area contributed by atoms with Gasteiger partial charge < -0.3 is 14.5 Å². The van der Waals surface area contributed by atoms with Crippen molar-refractivity contribution >= 4 is 47.4 Å². The predicted octanol–water partition coefficient (Wildman–Crippen LogP) is 3.19. The number of amides is 6. The van der Waals surface area contributed by atoms with E-state index in [1.807, 2.05) is 0 Å². The van der Waals surface area contributed by atoms with Gasteiger partial charge in [0.25, 0.3) is 11.8 Å². The highest BCUT2D eigenvalue weighted by Crippen LogP contribution is 2.08. The molecular formula is C26H32N4O5S2. The van der Waals surface area contributed by atoms with Gasteiger partial charge in [0.1, 0.15) is 0 Å². The molecule has 198 valence electrons. The van der Waals surface area contributed by atoms with Gasteiger partial charge in [0.05, 0.1) is 13.2 Å². The summed E-state index contributed by atoms with van der Waals surface area (Å²) in [5, 5.41) is 4.89. The number of hydrogen-bond donors (Lipinski definition) is 2. The summed E-state index contributed by atoms with van der Waals surface area (Å²) in [6.45, 7) is 2.46. The number of nitrogens with one attached hydrogen (secondary N) is 2. The molecule has 0 aromatic heterocycles. The SMILES string of the molecule is O=C(NC(=O)N1CCSCCOCCSCCN(C(=O)NC(=O)c2ccccc2)CC1)c1ccccc1. The van der Waals surface area contributed by atoms with Gasteiger partial charge in [0.15, 0.2) is 0 Å². The average Bonchev–Trinajstić information content (AvgIpc) is 2.93. The highest BCUT2D eigenvalue weighted by molar-refractivity contribution is 7.99. The first-order valence-electron chi connectivity index (χ1n) is 12.1. The summed E-state index contributed by atoms with van der Waals surface area (Å²) >= 11 is 3.32. The molecule has 0 aliphatic carbocycles. The third kappa shape index (κ3) is 10.1. The lowest BCUT2D eigenvalue weighted by molar-refractivity contribution is 0.0934. The molecule has 9 nitrogen and oxygen atoms in total. The van der Waals surface area contributed by atoms with E-state index in [2.05, 4.69) is 10.6 Å². The highest BCUT2D eigenvalue weighted by Gasteiger charge is 2.22. The van der Waals surface area contributed by atoms with Crippen LogP contribution >= 0.6 is 23.5 Å². The minimum atomic E-state index is -0.523. The van der Waals surface area contributed by atoms with E-state index in [4.69, 9.17) is 4.74 Å². The van der Waals surface area contributed by atoms with Crippen LogP contribution in [0.15, 0.2) is 60.7 Å². The summed E-state index contributed by atoms with van der Waals surface area (Å²) in [6, 6.07) is 16.0. The van der Waals surface area contributed by atoms with Crippen LogP contribution < -0.4 is 10.6 Å². The number of thioether (sulfide) groups is 2. The summed E-state index contributed by atoms with van der Waals surface area (Å²) in [4.78, 5) is 54.1. The number of carbonyl (C=O) groups is 4. The lowest BCUT2D eigenvalue weighted by Crippen LogP contribution is -2.50. The van der Waals surface area contributed by atoms with E-state index >= 15 is 0 Å². The Labute approximate surface area is 225 Å². The van der Waals surface area contributed by atoms with Gasteiger partial charge in [-0.05, 0) is 24.3 Å². The number of urea groups is 2. The fourth-order valence-corrected chi connectivity index (χ4v) is 5.02. The number of carbonyl (C=O) groups excluding carboxylic acids is 4. The Balaban J connectivity index is 1.67. The molecule has 1 heterocycles. The summed E-state index contributed by atoms with van der Waals surface area (Å²) < 4.78 is 5.64. The van der Waals surface area contributed by atoms with E-state index < -0.39 is 23.9 Å². The van der Waals surface area contributed by atoms with E-state index in [0.717, 1.165) is 11.5 Å². The summed E-state index contributed by atoms with van der Waals surface area (Å²) in [5.74, 6) is 1.95. The van der Waals surface area contributed by atoms with E-state index in [0.29, 0.717) is 48.9 Å². The number of hydrogen-bond acceptors (Lipinski definition) is 7. The number of imide groups is 2. The van der Waals surface area contributed by atoms with E-state index in [1.54, 1.807) is 84.2 Å². The van der Waals surface area contributed by atoms with E-state index in [-0.39, 0.29) is 13.1 Å². The molecule has 0 spiro atoms. The van der Waals surface area contributed by atoms with Crippen LogP contribution in [0, 0.1) is 0 Å². The Hall–Kier alpha value is -3.02. The number of ether oxygens (including phenoxy) is 1. The molecule has 1 aliphatic rings. The van der Waals surface area contributed by atoms with Crippen molar-refractivity contribution in [2.75, 3.05) is 62.4 Å². The molecule has 3 rings (SSSR count). The molecule has 11 heteroatoms. The van der Waals surface area contributed by atoms with E-state index in [1.165, 1.54) is 9.80 Å². The quantitative estimate of drug-likeness (QED) is 0.598. The second kappa shape index (κ2) is 16.0. The van der Waals surface area contributed by atoms with Crippen molar-refractivity contribution in [1.82, 2.24) is 20.4 Å². The standard InChI is InChI=1S/C26H32N4O5S2/c31-23(21-7-3-1-4-8-21)27-25(33)29-11-12-30(14-18-37-20-16-35-15-19-36-17-13-29)26(34)28-24(32)22-9-5-2-6-10-22/h1-10H,11-20H2,(H,27,31,33)(H,28,32,34). The molecule has 2 aromatic rings. The molecule has 0 bridgehead atoms. The zero-order valence-electron chi connectivity index (χ0n) is 20.6. The molecule has 37 heavy (non-hydrogen) atoms. The Morgan fingerprint density at radius 3 is 1.41 bits per heavy atom. The van der Waals surface area contributed by atoms with Gasteiger partial charge in [-0.15, -0.1) is 0 Å². The van der Waals surface area contributed by atoms with Gasteiger partial charge in [-0.2, -0.15) is 23.5 Å². The molecule has 0 atom stereocenters. The molecular weight excluding hydrogens is 512 g/mol. The first-order chi connectivity index (χ1) is 18.0. The Morgan fingerprint density at radius 1 is 0.595 bits per heavy atom. The van der Waals surface area contributed by atoms with Crippen LogP contribution in [0.3, 0.4) is 0 Å². The van der Waals surface area contributed by atoms with Crippen molar-refractivity contribution in [1.29, 1.82) is 0 Å². The fourth-order valence-electron chi connectivity index (χ4n) is 3.44. The topological polar surface area (TPSA) is 108 Å². The summed E-state index contributed by atoms with van der Waals surface area (Å²) in [5.41, 5.74) is 0.774. The predicted molar refractivity (Wildman–Crippen MR) is 147 cm³/mol. The van der Waals surface area contributed by atoms with Gasteiger partial charge in [-0.3, -0.25) is 20.2 Å². The fraction of sp³-hybridized carbons (Fsp3) is 0.385. The average molecular weight is 545 g/mol. The van der Waals surface area contributed by atoms with Crippen molar-refractivity contribution in [3.8, 4) is 0 Å². The Bertz CT molecular complexity index is 945. The van der Waals surface area contributed by atoms with Crippen molar-refractivity contribution in [3.63, 3.8) is 0 Å². The van der Waals surface area contributed by atoms with Crippen LogP contribution in [0.2, 0.25) is 0 Å². The van der Waals surface area contributed by atoms with Crippen molar-refractivity contribution in [2.45, 2.75) is 0 Å². The lowest BCUT2D eigenvalue weighted by Gasteiger charge is -2.28. The summed E-state index contributed by atoms with van der Waals surface area (Å²) in [6.07, 6.45) is 0. The molecule has 1 fully saturated rings. The highest BCUT2D eigenvalue weighted by atomic mass is 32.2. The zero-order chi connectivity index (χ0) is 26.3.